The predicted molar refractivity (Wildman–Crippen MR) is 132 cm³/mol. The van der Waals surface area contributed by atoms with E-state index in [1.165, 1.54) is 0 Å². The topological polar surface area (TPSA) is 92.6 Å². The lowest BCUT2D eigenvalue weighted by molar-refractivity contribution is 0.312. The highest BCUT2D eigenvalue weighted by atomic mass is 35.5. The minimum absolute atomic E-state index is 0.203. The summed E-state index contributed by atoms with van der Waals surface area (Å²) in [7, 11) is -1.92. The van der Waals surface area contributed by atoms with Crippen molar-refractivity contribution in [2.45, 2.75) is 31.3 Å². The first-order chi connectivity index (χ1) is 16.7. The van der Waals surface area contributed by atoms with Crippen molar-refractivity contribution >= 4 is 27.3 Å². The van der Waals surface area contributed by atoms with Crippen molar-refractivity contribution in [3.8, 4) is 11.8 Å². The minimum atomic E-state index is -4.03. The average Bonchev–Trinajstić information content (AvgIpc) is 3.22. The predicted octanol–water partition coefficient (Wildman–Crippen LogP) is 3.67. The second-order valence-corrected chi connectivity index (χ2v) is 10.5. The second-order valence-electron chi connectivity index (χ2n) is 8.39. The van der Waals surface area contributed by atoms with Crippen LogP contribution in [0.15, 0.2) is 47.4 Å². The maximum atomic E-state index is 13.4. The fourth-order valence-corrected chi connectivity index (χ4v) is 5.68. The molecule has 0 spiro atoms. The number of anilines is 1. The van der Waals surface area contributed by atoms with Crippen LogP contribution in [0.2, 0.25) is 5.02 Å². The zero-order chi connectivity index (χ0) is 25.2. The summed E-state index contributed by atoms with van der Waals surface area (Å²) in [6.45, 7) is 7.85. The number of benzene rings is 2. The van der Waals surface area contributed by atoms with Gasteiger partial charge in [-0.15, -0.1) is 5.10 Å². The van der Waals surface area contributed by atoms with Gasteiger partial charge in [-0.3, -0.25) is 4.57 Å². The Kier molecular flexibility index (Phi) is 7.60. The standard InChI is InChI=1S/C23H28ClFN6O3S/c1-4-31-22(16(2)28-35(32,33)21-9-8-17(25)14-20(21)24)26-27-23(31)34-19-7-5-6-18(15-19)30-12-10-29(3)11-13-30/h5-9,14-16,28H,4,10-13H2,1-3H3/t16-/m1/s1. The van der Waals surface area contributed by atoms with Crippen molar-refractivity contribution in [2.24, 2.45) is 0 Å². The molecule has 1 aliphatic rings. The maximum Gasteiger partial charge on any atom is 0.322 e. The van der Waals surface area contributed by atoms with E-state index >= 15 is 0 Å². The molecule has 188 valence electrons. The van der Waals surface area contributed by atoms with Gasteiger partial charge in [-0.05, 0) is 51.2 Å². The fourth-order valence-electron chi connectivity index (χ4n) is 3.95. The Morgan fingerprint density at radius 3 is 2.57 bits per heavy atom. The van der Waals surface area contributed by atoms with Crippen molar-refractivity contribution in [2.75, 3.05) is 38.1 Å². The SMILES string of the molecule is CCn1c(Oc2cccc(N3CCN(C)CC3)c2)nnc1[C@@H](C)NS(=O)(=O)c1ccc(F)cc1Cl. The van der Waals surface area contributed by atoms with Crippen molar-refractivity contribution in [1.29, 1.82) is 0 Å². The highest BCUT2D eigenvalue weighted by Crippen LogP contribution is 2.28. The zero-order valence-electron chi connectivity index (χ0n) is 19.8. The highest BCUT2D eigenvalue weighted by molar-refractivity contribution is 7.89. The molecular weight excluding hydrogens is 495 g/mol. The summed E-state index contributed by atoms with van der Waals surface area (Å²) in [5, 5.41) is 8.11. The van der Waals surface area contributed by atoms with Crippen LogP contribution in [0.5, 0.6) is 11.8 Å². The zero-order valence-corrected chi connectivity index (χ0v) is 21.4. The van der Waals surface area contributed by atoms with Gasteiger partial charge in [-0.25, -0.2) is 17.5 Å². The van der Waals surface area contributed by atoms with Gasteiger partial charge in [0.05, 0.1) is 11.1 Å². The van der Waals surface area contributed by atoms with E-state index in [-0.39, 0.29) is 15.9 Å². The summed E-state index contributed by atoms with van der Waals surface area (Å²) in [6, 6.07) is 10.4. The van der Waals surface area contributed by atoms with Crippen LogP contribution in [-0.2, 0) is 16.6 Å². The molecule has 0 radical (unpaired) electrons. The molecule has 1 aromatic heterocycles. The van der Waals surface area contributed by atoms with E-state index in [2.05, 4.69) is 31.8 Å². The van der Waals surface area contributed by atoms with Crippen LogP contribution in [-0.4, -0.2) is 61.3 Å². The molecule has 4 rings (SSSR count). The number of sulfonamides is 1. The lowest BCUT2D eigenvalue weighted by Crippen LogP contribution is -2.44. The largest absolute Gasteiger partial charge is 0.424 e. The Hall–Kier alpha value is -2.73. The fraction of sp³-hybridized carbons (Fsp3) is 0.391. The Morgan fingerprint density at radius 2 is 1.89 bits per heavy atom. The number of halogens is 2. The number of rotatable bonds is 8. The van der Waals surface area contributed by atoms with Gasteiger partial charge >= 0.3 is 6.01 Å². The van der Waals surface area contributed by atoms with E-state index in [4.69, 9.17) is 16.3 Å². The first-order valence-electron chi connectivity index (χ1n) is 11.3. The third kappa shape index (κ3) is 5.75. The molecule has 0 unspecified atom stereocenters. The van der Waals surface area contributed by atoms with Gasteiger partial charge in [-0.1, -0.05) is 22.8 Å². The molecule has 1 saturated heterocycles. The van der Waals surface area contributed by atoms with Crippen LogP contribution < -0.4 is 14.4 Å². The van der Waals surface area contributed by atoms with Crippen LogP contribution >= 0.6 is 11.6 Å². The van der Waals surface area contributed by atoms with Crippen LogP contribution in [0, 0.1) is 5.82 Å². The van der Waals surface area contributed by atoms with Crippen LogP contribution in [0.1, 0.15) is 25.7 Å². The normalized spacial score (nSPS) is 15.9. The minimum Gasteiger partial charge on any atom is -0.424 e. The average molecular weight is 523 g/mol. The van der Waals surface area contributed by atoms with E-state index in [0.29, 0.717) is 18.1 Å². The highest BCUT2D eigenvalue weighted by Gasteiger charge is 2.26. The number of nitrogens with one attached hydrogen (secondary N) is 1. The van der Waals surface area contributed by atoms with E-state index in [1.54, 1.807) is 11.5 Å². The lowest BCUT2D eigenvalue weighted by atomic mass is 10.2. The Morgan fingerprint density at radius 1 is 1.14 bits per heavy atom. The summed E-state index contributed by atoms with van der Waals surface area (Å²) in [6.07, 6.45) is 0. The third-order valence-electron chi connectivity index (χ3n) is 5.86. The molecule has 3 aromatic rings. The van der Waals surface area contributed by atoms with Crippen LogP contribution in [0.4, 0.5) is 10.1 Å². The molecule has 0 aliphatic carbocycles. The van der Waals surface area contributed by atoms with E-state index in [1.807, 2.05) is 31.2 Å². The van der Waals surface area contributed by atoms with E-state index in [0.717, 1.165) is 50.1 Å². The van der Waals surface area contributed by atoms with Crippen molar-refractivity contribution in [3.05, 3.63) is 59.1 Å². The van der Waals surface area contributed by atoms with Crippen molar-refractivity contribution in [3.63, 3.8) is 0 Å². The van der Waals surface area contributed by atoms with Gasteiger partial charge in [0, 0.05) is 44.5 Å². The smallest absolute Gasteiger partial charge is 0.322 e. The third-order valence-corrected chi connectivity index (χ3v) is 7.88. The number of nitrogens with zero attached hydrogens (tertiary/aromatic N) is 5. The molecule has 0 amide bonds. The molecule has 2 heterocycles. The Bertz CT molecular complexity index is 1290. The van der Waals surface area contributed by atoms with Gasteiger partial charge in [0.25, 0.3) is 0 Å². The van der Waals surface area contributed by atoms with Crippen LogP contribution in [0.3, 0.4) is 0 Å². The number of hydrogen-bond donors (Lipinski definition) is 1. The van der Waals surface area contributed by atoms with Crippen LogP contribution in [0.25, 0.3) is 0 Å². The molecule has 1 N–H and O–H groups in total. The summed E-state index contributed by atoms with van der Waals surface area (Å²) in [5.74, 6) is 0.368. The molecular formula is C23H28ClFN6O3S. The van der Waals surface area contributed by atoms with Crippen molar-refractivity contribution in [1.82, 2.24) is 24.4 Å². The summed E-state index contributed by atoms with van der Waals surface area (Å²) in [5.41, 5.74) is 1.07. The van der Waals surface area contributed by atoms with Gasteiger partial charge in [0.15, 0.2) is 5.82 Å². The van der Waals surface area contributed by atoms with E-state index in [9.17, 15) is 12.8 Å². The van der Waals surface area contributed by atoms with E-state index < -0.39 is 21.9 Å². The first-order valence-corrected chi connectivity index (χ1v) is 13.2. The molecule has 12 heteroatoms. The monoisotopic (exact) mass is 522 g/mol. The summed E-state index contributed by atoms with van der Waals surface area (Å²) >= 11 is 5.95. The number of aromatic nitrogens is 3. The van der Waals surface area contributed by atoms with Gasteiger partial charge in [-0.2, -0.15) is 0 Å². The molecule has 35 heavy (non-hydrogen) atoms. The number of ether oxygens (including phenoxy) is 1. The summed E-state index contributed by atoms with van der Waals surface area (Å²) < 4.78 is 49.3. The quantitative estimate of drug-likeness (QED) is 0.482. The molecule has 0 saturated carbocycles. The van der Waals surface area contributed by atoms with Gasteiger partial charge in [0.2, 0.25) is 10.0 Å². The molecule has 1 fully saturated rings. The lowest BCUT2D eigenvalue weighted by Gasteiger charge is -2.34. The van der Waals surface area contributed by atoms with Gasteiger partial charge in [0.1, 0.15) is 16.5 Å². The molecule has 9 nitrogen and oxygen atoms in total. The second kappa shape index (κ2) is 10.5. The molecule has 2 aromatic carbocycles. The summed E-state index contributed by atoms with van der Waals surface area (Å²) in [4.78, 5) is 4.38. The maximum absolute atomic E-state index is 13.4. The number of likely N-dealkylation sites (N-methyl/N-ethyl adjacent to an activating group) is 1. The Balaban J connectivity index is 1.52. The molecule has 1 aliphatic heterocycles. The molecule has 0 bridgehead atoms. The first kappa shape index (κ1) is 25.4. The molecule has 1 atom stereocenters. The number of hydrogen-bond acceptors (Lipinski definition) is 7. The van der Waals surface area contributed by atoms with Gasteiger partial charge < -0.3 is 14.5 Å². The number of piperazine rings is 1. The van der Waals surface area contributed by atoms with Crippen molar-refractivity contribution < 1.29 is 17.5 Å². The Labute approximate surface area is 209 Å².